The molecule has 5 heteroatoms. The van der Waals surface area contributed by atoms with Gasteiger partial charge in [0.05, 0.1) is 6.54 Å². The largest absolute Gasteiger partial charge is 0.315 e. The third-order valence-corrected chi connectivity index (χ3v) is 3.65. The highest BCUT2D eigenvalue weighted by molar-refractivity contribution is 5.97. The van der Waals surface area contributed by atoms with Gasteiger partial charge in [-0.25, -0.2) is 0 Å². The Balaban J connectivity index is 1.82. The summed E-state index contributed by atoms with van der Waals surface area (Å²) in [5, 5.41) is 3.33. The van der Waals surface area contributed by atoms with Crippen LogP contribution in [0.4, 0.5) is 0 Å². The first-order valence-electron chi connectivity index (χ1n) is 6.42. The van der Waals surface area contributed by atoms with E-state index in [-0.39, 0.29) is 11.8 Å². The van der Waals surface area contributed by atoms with Gasteiger partial charge in [-0.15, -0.1) is 0 Å². The second kappa shape index (κ2) is 5.60. The number of rotatable bonds is 3. The molecular weight excluding hydrogens is 218 g/mol. The van der Waals surface area contributed by atoms with E-state index in [1.165, 1.54) is 4.90 Å². The Kier molecular flexibility index (Phi) is 4.12. The van der Waals surface area contributed by atoms with Crippen LogP contribution in [0.5, 0.6) is 0 Å². The number of amides is 2. The molecule has 0 aromatic heterocycles. The topological polar surface area (TPSA) is 52.7 Å². The maximum Gasteiger partial charge on any atom is 0.243 e. The van der Waals surface area contributed by atoms with Crippen molar-refractivity contribution in [3.05, 3.63) is 0 Å². The van der Waals surface area contributed by atoms with Crippen LogP contribution in [0.1, 0.15) is 25.7 Å². The molecule has 5 nitrogen and oxygen atoms in total. The van der Waals surface area contributed by atoms with Gasteiger partial charge < -0.3 is 5.32 Å². The van der Waals surface area contributed by atoms with Crippen LogP contribution in [0, 0.1) is 0 Å². The number of imide groups is 1. The molecule has 0 spiro atoms. The van der Waals surface area contributed by atoms with Gasteiger partial charge in [0.1, 0.15) is 0 Å². The van der Waals surface area contributed by atoms with Gasteiger partial charge >= 0.3 is 0 Å². The lowest BCUT2D eigenvalue weighted by Crippen LogP contribution is -2.48. The Morgan fingerprint density at radius 1 is 1.53 bits per heavy atom. The molecule has 0 radical (unpaired) electrons. The summed E-state index contributed by atoms with van der Waals surface area (Å²) in [7, 11) is 1.97. The average molecular weight is 239 g/mol. The number of likely N-dealkylation sites (N-methyl/N-ethyl adjacent to an activating group) is 1. The Morgan fingerprint density at radius 2 is 2.35 bits per heavy atom. The van der Waals surface area contributed by atoms with Gasteiger partial charge in [0.15, 0.2) is 0 Å². The molecule has 2 aliphatic rings. The smallest absolute Gasteiger partial charge is 0.243 e. The van der Waals surface area contributed by atoms with Gasteiger partial charge in [0.25, 0.3) is 0 Å². The lowest BCUT2D eigenvalue weighted by molar-refractivity contribution is -0.142. The van der Waals surface area contributed by atoms with Crippen LogP contribution in [-0.2, 0) is 9.59 Å². The van der Waals surface area contributed by atoms with E-state index in [0.717, 1.165) is 32.4 Å². The molecule has 0 aliphatic carbocycles. The molecule has 96 valence electrons. The Morgan fingerprint density at radius 3 is 2.94 bits per heavy atom. The van der Waals surface area contributed by atoms with E-state index in [9.17, 15) is 9.59 Å². The fraction of sp³-hybridized carbons (Fsp3) is 0.833. The molecule has 2 aliphatic heterocycles. The van der Waals surface area contributed by atoms with E-state index in [1.54, 1.807) is 0 Å². The summed E-state index contributed by atoms with van der Waals surface area (Å²) in [5.74, 6) is -0.0502. The molecule has 1 unspecified atom stereocenters. The highest BCUT2D eigenvalue weighted by Crippen LogP contribution is 2.12. The molecule has 0 bridgehead atoms. The zero-order chi connectivity index (χ0) is 12.3. The lowest BCUT2D eigenvalue weighted by Gasteiger charge is -2.31. The Hall–Kier alpha value is -0.940. The van der Waals surface area contributed by atoms with Crippen molar-refractivity contribution in [2.24, 2.45) is 0 Å². The number of carbonyl (C=O) groups is 2. The van der Waals surface area contributed by atoms with E-state index < -0.39 is 0 Å². The van der Waals surface area contributed by atoms with Gasteiger partial charge in [-0.1, -0.05) is 0 Å². The zero-order valence-corrected chi connectivity index (χ0v) is 10.4. The number of nitrogens with one attached hydrogen (secondary N) is 1. The SMILES string of the molecule is CN(CC(=O)N1CCCC1=O)C1CCCNC1. The summed E-state index contributed by atoms with van der Waals surface area (Å²) in [6.45, 7) is 2.98. The van der Waals surface area contributed by atoms with Crippen molar-refractivity contribution in [1.29, 1.82) is 0 Å². The highest BCUT2D eigenvalue weighted by Gasteiger charge is 2.28. The minimum Gasteiger partial charge on any atom is -0.315 e. The molecular formula is C12H21N3O2. The molecule has 0 aromatic rings. The molecule has 2 rings (SSSR count). The number of nitrogens with zero attached hydrogens (tertiary/aromatic N) is 2. The zero-order valence-electron chi connectivity index (χ0n) is 10.4. The minimum absolute atomic E-state index is 0.00910. The minimum atomic E-state index is -0.0411. The summed E-state index contributed by atoms with van der Waals surface area (Å²) >= 11 is 0. The summed E-state index contributed by atoms with van der Waals surface area (Å²) in [6, 6.07) is 0.422. The Bertz CT molecular complexity index is 300. The van der Waals surface area contributed by atoms with E-state index in [1.807, 2.05) is 7.05 Å². The second-order valence-electron chi connectivity index (χ2n) is 4.96. The summed E-state index contributed by atoms with van der Waals surface area (Å²) in [4.78, 5) is 26.9. The number of hydrogen-bond donors (Lipinski definition) is 1. The first-order chi connectivity index (χ1) is 8.18. The van der Waals surface area contributed by atoms with Gasteiger partial charge in [-0.2, -0.15) is 0 Å². The van der Waals surface area contributed by atoms with Crippen molar-refractivity contribution in [1.82, 2.24) is 15.1 Å². The van der Waals surface area contributed by atoms with Gasteiger partial charge in [0.2, 0.25) is 11.8 Å². The molecule has 2 heterocycles. The third-order valence-electron chi connectivity index (χ3n) is 3.65. The van der Waals surface area contributed by atoms with Crippen LogP contribution in [0.25, 0.3) is 0 Å². The first-order valence-corrected chi connectivity index (χ1v) is 6.42. The number of carbonyl (C=O) groups excluding carboxylic acids is 2. The maximum absolute atomic E-state index is 12.0. The fourth-order valence-corrected chi connectivity index (χ4v) is 2.55. The first kappa shape index (κ1) is 12.5. The van der Waals surface area contributed by atoms with E-state index in [4.69, 9.17) is 0 Å². The van der Waals surface area contributed by atoms with Crippen LogP contribution >= 0.6 is 0 Å². The highest BCUT2D eigenvalue weighted by atomic mass is 16.2. The van der Waals surface area contributed by atoms with E-state index >= 15 is 0 Å². The van der Waals surface area contributed by atoms with Crippen LogP contribution in [0.3, 0.4) is 0 Å². The summed E-state index contributed by atoms with van der Waals surface area (Å²) in [6.07, 6.45) is 3.64. The third kappa shape index (κ3) is 3.04. The Labute approximate surface area is 102 Å². The molecule has 0 aromatic carbocycles. The molecule has 2 amide bonds. The van der Waals surface area contributed by atoms with E-state index in [2.05, 4.69) is 10.2 Å². The van der Waals surface area contributed by atoms with Crippen molar-refractivity contribution in [3.8, 4) is 0 Å². The predicted octanol–water partition coefficient (Wildman–Crippen LogP) is -0.181. The maximum atomic E-state index is 12.0. The van der Waals surface area contributed by atoms with Crippen LogP contribution in [-0.4, -0.2) is 60.9 Å². The molecule has 1 atom stereocenters. The monoisotopic (exact) mass is 239 g/mol. The number of hydrogen-bond acceptors (Lipinski definition) is 4. The van der Waals surface area contributed by atoms with Crippen LogP contribution in [0.2, 0.25) is 0 Å². The van der Waals surface area contributed by atoms with Gasteiger partial charge in [0, 0.05) is 25.6 Å². The van der Waals surface area contributed by atoms with Crippen LogP contribution < -0.4 is 5.32 Å². The standard InChI is InChI=1S/C12H21N3O2/c1-14(10-4-2-6-13-8-10)9-12(17)15-7-3-5-11(15)16/h10,13H,2-9H2,1H3. The fourth-order valence-electron chi connectivity index (χ4n) is 2.55. The molecule has 2 saturated heterocycles. The lowest BCUT2D eigenvalue weighted by atomic mass is 10.1. The van der Waals surface area contributed by atoms with Gasteiger partial charge in [-0.3, -0.25) is 19.4 Å². The van der Waals surface area contributed by atoms with Crippen molar-refractivity contribution >= 4 is 11.8 Å². The van der Waals surface area contributed by atoms with Crippen molar-refractivity contribution in [2.45, 2.75) is 31.7 Å². The molecule has 2 fully saturated rings. The number of piperidine rings is 1. The summed E-state index contributed by atoms with van der Waals surface area (Å²) in [5.41, 5.74) is 0. The average Bonchev–Trinajstić information content (AvgIpc) is 2.76. The van der Waals surface area contributed by atoms with E-state index in [0.29, 0.717) is 25.6 Å². The summed E-state index contributed by atoms with van der Waals surface area (Å²) < 4.78 is 0. The molecule has 17 heavy (non-hydrogen) atoms. The van der Waals surface area contributed by atoms with Gasteiger partial charge in [-0.05, 0) is 32.9 Å². The van der Waals surface area contributed by atoms with Crippen molar-refractivity contribution in [2.75, 3.05) is 33.2 Å². The second-order valence-corrected chi connectivity index (χ2v) is 4.96. The molecule has 1 N–H and O–H groups in total. The normalized spacial score (nSPS) is 25.6. The predicted molar refractivity (Wildman–Crippen MR) is 64.5 cm³/mol. The molecule has 0 saturated carbocycles. The quantitative estimate of drug-likeness (QED) is 0.742. The van der Waals surface area contributed by atoms with Crippen LogP contribution in [0.15, 0.2) is 0 Å². The van der Waals surface area contributed by atoms with Crippen molar-refractivity contribution in [3.63, 3.8) is 0 Å². The van der Waals surface area contributed by atoms with Crippen molar-refractivity contribution < 1.29 is 9.59 Å². The number of likely N-dealkylation sites (tertiary alicyclic amines) is 1.